The van der Waals surface area contributed by atoms with Crippen LogP contribution in [0.25, 0.3) is 11.3 Å². The highest BCUT2D eigenvalue weighted by Crippen LogP contribution is 2.34. The summed E-state index contributed by atoms with van der Waals surface area (Å²) in [6.07, 6.45) is 2.81. The molecule has 0 unspecified atom stereocenters. The van der Waals surface area contributed by atoms with E-state index in [9.17, 15) is 8.42 Å². The normalized spacial score (nSPS) is 18.1. The van der Waals surface area contributed by atoms with Crippen LogP contribution in [0.15, 0.2) is 57.9 Å². The van der Waals surface area contributed by atoms with Crippen molar-refractivity contribution in [2.24, 2.45) is 5.92 Å². The minimum atomic E-state index is -3.69. The van der Waals surface area contributed by atoms with Crippen molar-refractivity contribution in [1.82, 2.24) is 14.4 Å². The molecule has 0 saturated carbocycles. The number of methoxy groups -OCH3 is 1. The third-order valence-electron chi connectivity index (χ3n) is 6.99. The molecule has 1 fully saturated rings. The van der Waals surface area contributed by atoms with Gasteiger partial charge in [0, 0.05) is 44.4 Å². The lowest BCUT2D eigenvalue weighted by atomic mass is 9.94. The topological polar surface area (TPSA) is 75.9 Å². The van der Waals surface area contributed by atoms with E-state index in [1.165, 1.54) is 18.2 Å². The second-order valence-corrected chi connectivity index (χ2v) is 11.2. The summed E-state index contributed by atoms with van der Waals surface area (Å²) in [6, 6.07) is 15.6. The molecule has 8 heteroatoms. The molecule has 1 saturated heterocycles. The molecule has 2 aromatic carbocycles. The van der Waals surface area contributed by atoms with Crippen LogP contribution in [0.1, 0.15) is 29.7 Å². The Hall–Kier alpha value is -2.68. The van der Waals surface area contributed by atoms with E-state index in [1.54, 1.807) is 28.6 Å². The molecular formula is C26H31N3O4S. The van der Waals surface area contributed by atoms with Crippen molar-refractivity contribution in [3.63, 3.8) is 0 Å². The molecule has 5 rings (SSSR count). The van der Waals surface area contributed by atoms with Gasteiger partial charge in [0.15, 0.2) is 5.76 Å². The van der Waals surface area contributed by atoms with E-state index in [4.69, 9.17) is 9.26 Å². The van der Waals surface area contributed by atoms with Crippen LogP contribution < -0.4 is 4.74 Å². The summed E-state index contributed by atoms with van der Waals surface area (Å²) in [5.41, 5.74) is 4.29. The second-order valence-electron chi connectivity index (χ2n) is 9.30. The maximum absolute atomic E-state index is 13.6. The number of benzene rings is 2. The molecule has 0 spiro atoms. The number of rotatable bonds is 6. The number of hydrogen-bond donors (Lipinski definition) is 0. The van der Waals surface area contributed by atoms with Crippen LogP contribution in [0.4, 0.5) is 0 Å². The maximum Gasteiger partial charge on any atom is 0.246 e. The van der Waals surface area contributed by atoms with Crippen molar-refractivity contribution >= 4 is 10.0 Å². The van der Waals surface area contributed by atoms with Crippen LogP contribution in [0.5, 0.6) is 5.75 Å². The largest absolute Gasteiger partial charge is 0.495 e. The smallest absolute Gasteiger partial charge is 0.246 e. The van der Waals surface area contributed by atoms with Crippen molar-refractivity contribution in [3.05, 3.63) is 65.4 Å². The predicted octanol–water partition coefficient (Wildman–Crippen LogP) is 4.12. The molecule has 2 aliphatic rings. The Labute approximate surface area is 201 Å². The van der Waals surface area contributed by atoms with Gasteiger partial charge < -0.3 is 9.26 Å². The molecule has 0 aliphatic carbocycles. The van der Waals surface area contributed by atoms with Gasteiger partial charge in [-0.1, -0.05) is 29.4 Å². The van der Waals surface area contributed by atoms with Crippen molar-refractivity contribution in [2.45, 2.75) is 37.6 Å². The Morgan fingerprint density at radius 3 is 2.53 bits per heavy atom. The van der Waals surface area contributed by atoms with Gasteiger partial charge in [0.05, 0.1) is 12.8 Å². The molecular weight excluding hydrogens is 450 g/mol. The zero-order valence-electron chi connectivity index (χ0n) is 19.7. The minimum absolute atomic E-state index is 0.174. The van der Waals surface area contributed by atoms with Crippen molar-refractivity contribution in [1.29, 1.82) is 0 Å². The third-order valence-corrected chi connectivity index (χ3v) is 8.91. The number of fused-ring (bicyclic) bond motifs is 1. The monoisotopic (exact) mass is 481 g/mol. The first-order valence-corrected chi connectivity index (χ1v) is 13.3. The summed E-state index contributed by atoms with van der Waals surface area (Å²) in [5.74, 6) is 1.38. The van der Waals surface area contributed by atoms with Gasteiger partial charge in [-0.05, 0) is 61.4 Å². The molecule has 0 atom stereocenters. The molecule has 3 aromatic rings. The first kappa shape index (κ1) is 23.1. The number of aromatic nitrogens is 1. The van der Waals surface area contributed by atoms with Crippen LogP contribution in [0, 0.1) is 12.8 Å². The molecule has 0 amide bonds. The molecule has 7 nitrogen and oxygen atoms in total. The van der Waals surface area contributed by atoms with Gasteiger partial charge in [0.25, 0.3) is 0 Å². The second kappa shape index (κ2) is 9.52. The van der Waals surface area contributed by atoms with E-state index < -0.39 is 10.0 Å². The fourth-order valence-corrected chi connectivity index (χ4v) is 6.73. The summed E-state index contributed by atoms with van der Waals surface area (Å²) >= 11 is 0. The number of nitrogens with zero attached hydrogens (tertiary/aromatic N) is 3. The van der Waals surface area contributed by atoms with Crippen LogP contribution in [-0.4, -0.2) is 56.1 Å². The molecule has 0 N–H and O–H groups in total. The Balaban J connectivity index is 1.26. The molecule has 180 valence electrons. The molecule has 34 heavy (non-hydrogen) atoms. The van der Waals surface area contributed by atoms with E-state index in [2.05, 4.69) is 34.3 Å². The highest BCUT2D eigenvalue weighted by Gasteiger charge is 2.33. The number of hydrogen-bond acceptors (Lipinski definition) is 6. The highest BCUT2D eigenvalue weighted by molar-refractivity contribution is 7.89. The lowest BCUT2D eigenvalue weighted by Gasteiger charge is -2.36. The molecule has 2 aliphatic heterocycles. The SMILES string of the molecule is COc1ccc(-c2cc(C)no2)cc1S(=O)(=O)N1CCC(CN2CCc3ccccc3C2)CC1. The van der Waals surface area contributed by atoms with Crippen molar-refractivity contribution in [2.75, 3.05) is 33.3 Å². The van der Waals surface area contributed by atoms with Crippen LogP contribution in [0.3, 0.4) is 0 Å². The molecule has 3 heterocycles. The first-order valence-electron chi connectivity index (χ1n) is 11.8. The van der Waals surface area contributed by atoms with Gasteiger partial charge in [0.2, 0.25) is 10.0 Å². The fraction of sp³-hybridized carbons (Fsp3) is 0.423. The Bertz CT molecular complexity index is 1260. The number of piperidine rings is 1. The van der Waals surface area contributed by atoms with Crippen LogP contribution in [-0.2, 0) is 23.0 Å². The summed E-state index contributed by atoms with van der Waals surface area (Å²) in [6.45, 7) is 5.95. The van der Waals surface area contributed by atoms with Crippen LogP contribution >= 0.6 is 0 Å². The molecule has 0 radical (unpaired) electrons. The van der Waals surface area contributed by atoms with E-state index in [0.717, 1.165) is 44.6 Å². The average molecular weight is 482 g/mol. The predicted molar refractivity (Wildman–Crippen MR) is 130 cm³/mol. The Morgan fingerprint density at radius 2 is 1.82 bits per heavy atom. The lowest BCUT2D eigenvalue weighted by molar-refractivity contribution is 0.171. The summed E-state index contributed by atoms with van der Waals surface area (Å²) in [4.78, 5) is 2.69. The Morgan fingerprint density at radius 1 is 1.06 bits per heavy atom. The lowest BCUT2D eigenvalue weighted by Crippen LogP contribution is -2.42. The number of aryl methyl sites for hydroxylation is 1. The van der Waals surface area contributed by atoms with Crippen molar-refractivity contribution in [3.8, 4) is 17.1 Å². The van der Waals surface area contributed by atoms with E-state index >= 15 is 0 Å². The van der Waals surface area contributed by atoms with Gasteiger partial charge in [0.1, 0.15) is 10.6 Å². The molecule has 0 bridgehead atoms. The average Bonchev–Trinajstić information content (AvgIpc) is 3.30. The zero-order valence-corrected chi connectivity index (χ0v) is 20.6. The van der Waals surface area contributed by atoms with Gasteiger partial charge in [-0.25, -0.2) is 8.42 Å². The van der Waals surface area contributed by atoms with E-state index in [1.807, 2.05) is 6.92 Å². The standard InChI is InChI=1S/C26H31N3O4S/c1-19-15-25(33-27-19)22-7-8-24(32-2)26(16-22)34(30,31)29-13-9-20(10-14-29)17-28-12-11-21-5-3-4-6-23(21)18-28/h3-8,15-16,20H,9-14,17-18H2,1-2H3. The maximum atomic E-state index is 13.6. The number of ether oxygens (including phenoxy) is 1. The van der Waals surface area contributed by atoms with Gasteiger partial charge in [-0.2, -0.15) is 4.31 Å². The fourth-order valence-electron chi connectivity index (χ4n) is 5.08. The summed E-state index contributed by atoms with van der Waals surface area (Å²) in [7, 11) is -2.20. The van der Waals surface area contributed by atoms with Crippen molar-refractivity contribution < 1.29 is 17.7 Å². The summed E-state index contributed by atoms with van der Waals surface area (Å²) < 4.78 is 39.5. The van der Waals surface area contributed by atoms with E-state index in [0.29, 0.717) is 36.1 Å². The Kier molecular flexibility index (Phi) is 6.46. The summed E-state index contributed by atoms with van der Waals surface area (Å²) in [5, 5.41) is 3.92. The van der Waals surface area contributed by atoms with Gasteiger partial charge in [-0.15, -0.1) is 0 Å². The highest BCUT2D eigenvalue weighted by atomic mass is 32.2. The minimum Gasteiger partial charge on any atom is -0.495 e. The van der Waals surface area contributed by atoms with Gasteiger partial charge in [-0.3, -0.25) is 4.90 Å². The number of sulfonamides is 1. The first-order chi connectivity index (χ1) is 16.4. The van der Waals surface area contributed by atoms with Crippen LogP contribution in [0.2, 0.25) is 0 Å². The van der Waals surface area contributed by atoms with Gasteiger partial charge >= 0.3 is 0 Å². The third kappa shape index (κ3) is 4.62. The van der Waals surface area contributed by atoms with E-state index in [-0.39, 0.29) is 4.90 Å². The zero-order chi connectivity index (χ0) is 23.7. The molecule has 1 aromatic heterocycles. The quantitative estimate of drug-likeness (QED) is 0.527.